The number of nitrogens with zero attached hydrogens (tertiary/aromatic N) is 1. The van der Waals surface area contributed by atoms with E-state index in [9.17, 15) is 4.79 Å². The van der Waals surface area contributed by atoms with E-state index in [2.05, 4.69) is 4.98 Å². The largest absolute Gasteiger partial charge is 0.492 e. The molecule has 0 aromatic carbocycles. The van der Waals surface area contributed by atoms with Crippen LogP contribution < -0.4 is 0 Å². The van der Waals surface area contributed by atoms with Gasteiger partial charge in [0.25, 0.3) is 0 Å². The fourth-order valence-electron chi connectivity index (χ4n) is 1.45. The third kappa shape index (κ3) is 1.53. The number of carbonyl (C=O) groups is 1. The molecule has 3 heteroatoms. The molecule has 0 amide bonds. The maximum Gasteiger partial charge on any atom is 0.149 e. The zero-order valence-electron chi connectivity index (χ0n) is 7.99. The Balaban J connectivity index is 2.39. The van der Waals surface area contributed by atoms with Crippen LogP contribution in [-0.4, -0.2) is 17.9 Å². The van der Waals surface area contributed by atoms with Crippen molar-refractivity contribution in [3.63, 3.8) is 0 Å². The van der Waals surface area contributed by atoms with Crippen molar-refractivity contribution in [2.75, 3.05) is 6.61 Å². The van der Waals surface area contributed by atoms with Gasteiger partial charge in [-0.15, -0.1) is 0 Å². The van der Waals surface area contributed by atoms with Crippen molar-refractivity contribution in [1.82, 2.24) is 4.98 Å². The van der Waals surface area contributed by atoms with Gasteiger partial charge in [0.05, 0.1) is 6.61 Å². The van der Waals surface area contributed by atoms with Crippen molar-refractivity contribution in [3.05, 3.63) is 35.2 Å². The molecule has 0 atom stereocenters. The van der Waals surface area contributed by atoms with E-state index in [0.29, 0.717) is 18.8 Å². The van der Waals surface area contributed by atoms with Crippen LogP contribution in [0, 0.1) is 6.92 Å². The summed E-state index contributed by atoms with van der Waals surface area (Å²) in [6, 6.07) is 3.83. The first-order chi connectivity index (χ1) is 6.81. The van der Waals surface area contributed by atoms with Crippen LogP contribution in [0.15, 0.2) is 23.9 Å². The standard InChI is InChI=1S/C11H11NO2/c1-8-2-3-9(6-12-8)11-10(7-13)4-5-14-11/h2-3,6-7H,4-5H2,1H3. The number of hydrogen-bond acceptors (Lipinski definition) is 3. The molecule has 1 aromatic rings. The molecule has 0 saturated carbocycles. The van der Waals surface area contributed by atoms with Gasteiger partial charge in [0.1, 0.15) is 12.0 Å². The van der Waals surface area contributed by atoms with Crippen LogP contribution in [0.3, 0.4) is 0 Å². The normalized spacial score (nSPS) is 15.5. The van der Waals surface area contributed by atoms with Crippen molar-refractivity contribution in [1.29, 1.82) is 0 Å². The predicted molar refractivity (Wildman–Crippen MR) is 52.5 cm³/mol. The van der Waals surface area contributed by atoms with E-state index in [1.165, 1.54) is 0 Å². The van der Waals surface area contributed by atoms with Gasteiger partial charge in [-0.2, -0.15) is 0 Å². The molecule has 0 radical (unpaired) electrons. The summed E-state index contributed by atoms with van der Waals surface area (Å²) < 4.78 is 5.39. The maximum absolute atomic E-state index is 10.7. The van der Waals surface area contributed by atoms with Gasteiger partial charge in [-0.1, -0.05) is 0 Å². The summed E-state index contributed by atoms with van der Waals surface area (Å²) in [6.07, 6.45) is 3.30. The van der Waals surface area contributed by atoms with Gasteiger partial charge in [-0.25, -0.2) is 0 Å². The smallest absolute Gasteiger partial charge is 0.149 e. The van der Waals surface area contributed by atoms with Gasteiger partial charge in [0.2, 0.25) is 0 Å². The molecule has 1 aliphatic rings. The lowest BCUT2D eigenvalue weighted by Gasteiger charge is -2.03. The molecule has 1 aromatic heterocycles. The summed E-state index contributed by atoms with van der Waals surface area (Å²) in [6.45, 7) is 2.52. The fourth-order valence-corrected chi connectivity index (χ4v) is 1.45. The second-order valence-corrected chi connectivity index (χ2v) is 3.26. The van der Waals surface area contributed by atoms with Gasteiger partial charge in [-0.05, 0) is 19.1 Å². The minimum Gasteiger partial charge on any atom is -0.492 e. The number of aromatic nitrogens is 1. The number of aldehydes is 1. The summed E-state index contributed by atoms with van der Waals surface area (Å²) in [7, 11) is 0. The Hall–Kier alpha value is -1.64. The molecule has 1 aliphatic heterocycles. The second kappa shape index (κ2) is 3.62. The number of carbonyl (C=O) groups excluding carboxylic acids is 1. The van der Waals surface area contributed by atoms with Gasteiger partial charge in [-0.3, -0.25) is 9.78 Å². The molecule has 0 spiro atoms. The van der Waals surface area contributed by atoms with Gasteiger partial charge < -0.3 is 4.74 Å². The van der Waals surface area contributed by atoms with Crippen molar-refractivity contribution >= 4 is 12.0 Å². The molecule has 0 aliphatic carbocycles. The number of pyridine rings is 1. The van der Waals surface area contributed by atoms with E-state index in [-0.39, 0.29) is 0 Å². The molecule has 0 saturated heterocycles. The van der Waals surface area contributed by atoms with Crippen molar-refractivity contribution in [2.45, 2.75) is 13.3 Å². The lowest BCUT2D eigenvalue weighted by Crippen LogP contribution is -1.90. The number of rotatable bonds is 2. The maximum atomic E-state index is 10.7. The van der Waals surface area contributed by atoms with E-state index < -0.39 is 0 Å². The van der Waals surface area contributed by atoms with Crippen molar-refractivity contribution in [3.8, 4) is 0 Å². The highest BCUT2D eigenvalue weighted by Gasteiger charge is 2.16. The van der Waals surface area contributed by atoms with Crippen LogP contribution in [-0.2, 0) is 9.53 Å². The summed E-state index contributed by atoms with van der Waals surface area (Å²) in [5.74, 6) is 0.688. The van der Waals surface area contributed by atoms with Crippen LogP contribution in [0.4, 0.5) is 0 Å². The fraction of sp³-hybridized carbons (Fsp3) is 0.273. The molecule has 0 bridgehead atoms. The highest BCUT2D eigenvalue weighted by atomic mass is 16.5. The van der Waals surface area contributed by atoms with E-state index >= 15 is 0 Å². The van der Waals surface area contributed by atoms with Crippen molar-refractivity contribution in [2.24, 2.45) is 0 Å². The average molecular weight is 189 g/mol. The Kier molecular flexibility index (Phi) is 2.31. The van der Waals surface area contributed by atoms with Crippen LogP contribution in [0.2, 0.25) is 0 Å². The first-order valence-corrected chi connectivity index (χ1v) is 4.55. The van der Waals surface area contributed by atoms with E-state index in [1.807, 2.05) is 19.1 Å². The molecule has 2 rings (SSSR count). The Morgan fingerprint density at radius 3 is 3.00 bits per heavy atom. The van der Waals surface area contributed by atoms with Gasteiger partial charge in [0, 0.05) is 29.4 Å². The Labute approximate surface area is 82.4 Å². The number of ether oxygens (including phenoxy) is 1. The minimum atomic E-state index is 0.595. The van der Waals surface area contributed by atoms with Crippen LogP contribution in [0.1, 0.15) is 17.7 Å². The monoisotopic (exact) mass is 189 g/mol. The van der Waals surface area contributed by atoms with E-state index in [1.54, 1.807) is 6.20 Å². The van der Waals surface area contributed by atoms with Gasteiger partial charge >= 0.3 is 0 Å². The lowest BCUT2D eigenvalue weighted by atomic mass is 10.1. The molecule has 0 fully saturated rings. The first-order valence-electron chi connectivity index (χ1n) is 4.55. The third-order valence-electron chi connectivity index (χ3n) is 2.23. The average Bonchev–Trinajstić information content (AvgIpc) is 2.67. The zero-order valence-corrected chi connectivity index (χ0v) is 7.99. The molecule has 3 nitrogen and oxygen atoms in total. The molecular formula is C11H11NO2. The molecule has 2 heterocycles. The van der Waals surface area contributed by atoms with E-state index in [0.717, 1.165) is 23.1 Å². The van der Waals surface area contributed by atoms with Crippen LogP contribution >= 0.6 is 0 Å². The van der Waals surface area contributed by atoms with Crippen LogP contribution in [0.25, 0.3) is 5.76 Å². The summed E-state index contributed by atoms with van der Waals surface area (Å²) in [5, 5.41) is 0. The zero-order chi connectivity index (χ0) is 9.97. The number of aryl methyl sites for hydroxylation is 1. The Bertz CT molecular complexity index is 379. The highest BCUT2D eigenvalue weighted by molar-refractivity contribution is 5.86. The predicted octanol–water partition coefficient (Wildman–Crippen LogP) is 1.72. The van der Waals surface area contributed by atoms with Crippen molar-refractivity contribution < 1.29 is 9.53 Å². The van der Waals surface area contributed by atoms with Gasteiger partial charge in [0.15, 0.2) is 0 Å². The SMILES string of the molecule is Cc1ccc(C2=C(C=O)CCO2)cn1. The highest BCUT2D eigenvalue weighted by Crippen LogP contribution is 2.26. The minimum absolute atomic E-state index is 0.595. The molecule has 0 unspecified atom stereocenters. The quantitative estimate of drug-likeness (QED) is 0.665. The summed E-state index contributed by atoms with van der Waals surface area (Å²) in [5.41, 5.74) is 2.57. The molecule has 0 N–H and O–H groups in total. The second-order valence-electron chi connectivity index (χ2n) is 3.26. The van der Waals surface area contributed by atoms with Crippen LogP contribution in [0.5, 0.6) is 0 Å². The molecule has 14 heavy (non-hydrogen) atoms. The third-order valence-corrected chi connectivity index (χ3v) is 2.23. The first kappa shape index (κ1) is 8.94. The Morgan fingerprint density at radius 2 is 2.36 bits per heavy atom. The summed E-state index contributed by atoms with van der Waals surface area (Å²) >= 11 is 0. The molecule has 72 valence electrons. The van der Waals surface area contributed by atoms with E-state index in [4.69, 9.17) is 4.74 Å². The summed E-state index contributed by atoms with van der Waals surface area (Å²) in [4.78, 5) is 14.9. The topological polar surface area (TPSA) is 39.2 Å². The lowest BCUT2D eigenvalue weighted by molar-refractivity contribution is -0.104. The number of hydrogen-bond donors (Lipinski definition) is 0. The Morgan fingerprint density at radius 1 is 1.50 bits per heavy atom. The molecular weight excluding hydrogens is 178 g/mol.